The van der Waals surface area contributed by atoms with Gasteiger partial charge in [0.1, 0.15) is 23.3 Å². The number of benzene rings is 2. The Morgan fingerprint density at radius 1 is 1.04 bits per heavy atom. The van der Waals surface area contributed by atoms with Gasteiger partial charge in [-0.25, -0.2) is 9.37 Å². The molecule has 0 saturated carbocycles. The zero-order chi connectivity index (χ0) is 18.0. The Kier molecular flexibility index (Phi) is 4.49. The molecule has 0 aliphatic heterocycles. The molecule has 25 heavy (non-hydrogen) atoms. The van der Waals surface area contributed by atoms with Gasteiger partial charge in [0.2, 0.25) is 0 Å². The first-order chi connectivity index (χ1) is 12.0. The number of rotatable bonds is 3. The normalized spacial score (nSPS) is 10.7. The summed E-state index contributed by atoms with van der Waals surface area (Å²) in [6, 6.07) is 18.2. The molecule has 0 radical (unpaired) electrons. The van der Waals surface area contributed by atoms with Gasteiger partial charge in [0.05, 0.1) is 5.69 Å². The fourth-order valence-corrected chi connectivity index (χ4v) is 2.76. The predicted molar refractivity (Wildman–Crippen MR) is 98.3 cm³/mol. The van der Waals surface area contributed by atoms with E-state index in [0.717, 1.165) is 5.56 Å². The SMILES string of the molecule is CC(C)c1ccc(-c2cc(-c3ccccc3F)nc(N)c2C#N)cc1. The number of hydrogen-bond acceptors (Lipinski definition) is 3. The average Bonchev–Trinajstić information content (AvgIpc) is 2.61. The molecular formula is C21H18FN3. The highest BCUT2D eigenvalue weighted by Crippen LogP contribution is 2.32. The zero-order valence-electron chi connectivity index (χ0n) is 14.1. The minimum Gasteiger partial charge on any atom is -0.383 e. The first-order valence-corrected chi connectivity index (χ1v) is 8.07. The largest absolute Gasteiger partial charge is 0.383 e. The molecule has 3 aromatic rings. The van der Waals surface area contributed by atoms with Crippen molar-refractivity contribution in [1.29, 1.82) is 5.26 Å². The third-order valence-electron chi connectivity index (χ3n) is 4.20. The summed E-state index contributed by atoms with van der Waals surface area (Å²) in [6.07, 6.45) is 0. The second-order valence-electron chi connectivity index (χ2n) is 6.18. The molecule has 124 valence electrons. The van der Waals surface area contributed by atoms with E-state index in [0.29, 0.717) is 28.3 Å². The molecule has 2 aromatic carbocycles. The number of hydrogen-bond donors (Lipinski definition) is 1. The number of halogens is 1. The van der Waals surface area contributed by atoms with E-state index in [-0.39, 0.29) is 11.6 Å². The van der Waals surface area contributed by atoms with Crippen LogP contribution < -0.4 is 5.73 Å². The smallest absolute Gasteiger partial charge is 0.142 e. The molecule has 0 aliphatic carbocycles. The second-order valence-corrected chi connectivity index (χ2v) is 6.18. The molecule has 3 nitrogen and oxygen atoms in total. The standard InChI is InChI=1S/C21H18FN3/c1-13(2)14-7-9-15(10-8-14)17-11-20(25-21(24)18(17)12-23)16-5-3-4-6-19(16)22/h3-11,13H,1-2H3,(H2,24,25). The molecular weight excluding hydrogens is 313 g/mol. The molecule has 1 heterocycles. The number of nitrogen functional groups attached to an aromatic ring is 1. The lowest BCUT2D eigenvalue weighted by Crippen LogP contribution is -2.00. The highest BCUT2D eigenvalue weighted by molar-refractivity contribution is 5.80. The number of nitrogens with zero attached hydrogens (tertiary/aromatic N) is 2. The molecule has 4 heteroatoms. The van der Waals surface area contributed by atoms with Crippen LogP contribution in [0, 0.1) is 17.1 Å². The molecule has 0 aliphatic rings. The fraction of sp³-hybridized carbons (Fsp3) is 0.143. The van der Waals surface area contributed by atoms with Gasteiger partial charge < -0.3 is 5.73 Å². The molecule has 0 unspecified atom stereocenters. The Morgan fingerprint density at radius 3 is 2.32 bits per heavy atom. The van der Waals surface area contributed by atoms with Crippen LogP contribution in [0.1, 0.15) is 30.9 Å². The number of nitrogens with two attached hydrogens (primary N) is 1. The van der Waals surface area contributed by atoms with Crippen molar-refractivity contribution < 1.29 is 4.39 Å². The van der Waals surface area contributed by atoms with Crippen LogP contribution in [-0.2, 0) is 0 Å². The quantitative estimate of drug-likeness (QED) is 0.723. The number of pyridine rings is 1. The average molecular weight is 331 g/mol. The highest BCUT2D eigenvalue weighted by Gasteiger charge is 2.15. The van der Waals surface area contributed by atoms with Crippen molar-refractivity contribution in [2.75, 3.05) is 5.73 Å². The molecule has 0 atom stereocenters. The Bertz CT molecular complexity index is 954. The van der Waals surface area contributed by atoms with Crippen LogP contribution in [0.25, 0.3) is 22.4 Å². The first kappa shape index (κ1) is 16.7. The molecule has 0 amide bonds. The summed E-state index contributed by atoms with van der Waals surface area (Å²) in [6.45, 7) is 4.24. The summed E-state index contributed by atoms with van der Waals surface area (Å²) < 4.78 is 14.1. The molecule has 2 N–H and O–H groups in total. The first-order valence-electron chi connectivity index (χ1n) is 8.07. The zero-order valence-corrected chi connectivity index (χ0v) is 14.1. The van der Waals surface area contributed by atoms with Crippen LogP contribution in [0.15, 0.2) is 54.6 Å². The second kappa shape index (κ2) is 6.74. The van der Waals surface area contributed by atoms with Gasteiger partial charge in [0.25, 0.3) is 0 Å². The van der Waals surface area contributed by atoms with Gasteiger partial charge >= 0.3 is 0 Å². The topological polar surface area (TPSA) is 62.7 Å². The van der Waals surface area contributed by atoms with Gasteiger partial charge in [0.15, 0.2) is 0 Å². The van der Waals surface area contributed by atoms with Crippen LogP contribution in [0.5, 0.6) is 0 Å². The summed E-state index contributed by atoms with van der Waals surface area (Å²) in [4.78, 5) is 4.22. The minimum absolute atomic E-state index is 0.103. The minimum atomic E-state index is -0.375. The van der Waals surface area contributed by atoms with E-state index in [1.807, 2.05) is 24.3 Å². The maximum atomic E-state index is 14.1. The maximum absolute atomic E-state index is 14.1. The van der Waals surface area contributed by atoms with Gasteiger partial charge in [-0.2, -0.15) is 5.26 Å². The Labute approximate surface area is 146 Å². The van der Waals surface area contributed by atoms with Crippen molar-refractivity contribution in [2.24, 2.45) is 0 Å². The van der Waals surface area contributed by atoms with E-state index in [9.17, 15) is 9.65 Å². The van der Waals surface area contributed by atoms with Gasteiger partial charge in [0, 0.05) is 11.1 Å². The van der Waals surface area contributed by atoms with Crippen LogP contribution in [0.3, 0.4) is 0 Å². The van der Waals surface area contributed by atoms with Crippen LogP contribution in [0.2, 0.25) is 0 Å². The summed E-state index contributed by atoms with van der Waals surface area (Å²) in [5, 5.41) is 9.48. The summed E-state index contributed by atoms with van der Waals surface area (Å²) in [5.41, 5.74) is 9.77. The third kappa shape index (κ3) is 3.22. The van der Waals surface area contributed by atoms with Gasteiger partial charge in [-0.3, -0.25) is 0 Å². The van der Waals surface area contributed by atoms with Crippen molar-refractivity contribution in [3.8, 4) is 28.5 Å². The van der Waals surface area contributed by atoms with Crippen molar-refractivity contribution in [3.05, 3.63) is 71.5 Å². The maximum Gasteiger partial charge on any atom is 0.142 e. The van der Waals surface area contributed by atoms with Crippen molar-refractivity contribution in [3.63, 3.8) is 0 Å². The van der Waals surface area contributed by atoms with Crippen LogP contribution in [-0.4, -0.2) is 4.98 Å². The molecule has 0 spiro atoms. The summed E-state index contributed by atoms with van der Waals surface area (Å²) >= 11 is 0. The van der Waals surface area contributed by atoms with Crippen molar-refractivity contribution >= 4 is 5.82 Å². The van der Waals surface area contributed by atoms with Gasteiger partial charge in [-0.05, 0) is 35.2 Å². The van der Waals surface area contributed by atoms with Crippen LogP contribution >= 0.6 is 0 Å². The van der Waals surface area contributed by atoms with Gasteiger partial charge in [-0.1, -0.05) is 50.2 Å². The van der Waals surface area contributed by atoms with E-state index < -0.39 is 0 Å². The predicted octanol–water partition coefficient (Wildman–Crippen LogP) is 5.13. The van der Waals surface area contributed by atoms with E-state index in [1.54, 1.807) is 24.3 Å². The monoisotopic (exact) mass is 331 g/mol. The third-order valence-corrected chi connectivity index (χ3v) is 4.20. The lowest BCUT2D eigenvalue weighted by Gasteiger charge is -2.12. The summed E-state index contributed by atoms with van der Waals surface area (Å²) in [5.74, 6) is 0.146. The van der Waals surface area contributed by atoms with Crippen molar-refractivity contribution in [1.82, 2.24) is 4.98 Å². The molecule has 0 saturated heterocycles. The molecule has 0 fully saturated rings. The Morgan fingerprint density at radius 2 is 1.72 bits per heavy atom. The fourth-order valence-electron chi connectivity index (χ4n) is 2.76. The summed E-state index contributed by atoms with van der Waals surface area (Å²) in [7, 11) is 0. The number of nitriles is 1. The Balaban J connectivity index is 2.18. The van der Waals surface area contributed by atoms with Crippen LogP contribution in [0.4, 0.5) is 10.2 Å². The van der Waals surface area contributed by atoms with E-state index in [4.69, 9.17) is 5.73 Å². The van der Waals surface area contributed by atoms with E-state index in [2.05, 4.69) is 24.9 Å². The molecule has 3 rings (SSSR count). The Hall–Kier alpha value is -3.19. The number of aromatic nitrogens is 1. The molecule has 1 aromatic heterocycles. The van der Waals surface area contributed by atoms with E-state index in [1.165, 1.54) is 11.6 Å². The highest BCUT2D eigenvalue weighted by atomic mass is 19.1. The lowest BCUT2D eigenvalue weighted by molar-refractivity contribution is 0.631. The lowest BCUT2D eigenvalue weighted by atomic mass is 9.95. The van der Waals surface area contributed by atoms with Gasteiger partial charge in [-0.15, -0.1) is 0 Å². The molecule has 0 bridgehead atoms. The van der Waals surface area contributed by atoms with Crippen molar-refractivity contribution in [2.45, 2.75) is 19.8 Å². The number of anilines is 1. The van der Waals surface area contributed by atoms with E-state index >= 15 is 0 Å².